The summed E-state index contributed by atoms with van der Waals surface area (Å²) < 4.78 is 11.2. The van der Waals surface area contributed by atoms with Crippen LogP contribution in [0.15, 0.2) is 144 Å². The van der Waals surface area contributed by atoms with Gasteiger partial charge in [0.15, 0.2) is 11.4 Å². The number of thiophene rings is 1. The minimum atomic E-state index is 0.687. The third-order valence-electron chi connectivity index (χ3n) is 8.81. The van der Waals surface area contributed by atoms with Crippen LogP contribution in [0, 0.1) is 0 Å². The smallest absolute Gasteiger partial charge is 0.180 e. The van der Waals surface area contributed by atoms with E-state index in [9.17, 15) is 0 Å². The summed E-state index contributed by atoms with van der Waals surface area (Å²) >= 11 is 1.80. The van der Waals surface area contributed by atoms with Gasteiger partial charge in [0, 0.05) is 53.1 Å². The second-order valence-corrected chi connectivity index (χ2v) is 12.4. The standard InChI is InChI=1S/C40H23N3OS/c1-2-12-24(13-3-1)36-38-37(29-17-6-10-20-34(29)44-38)42-40(41-36)31-23-25(22-30-28-16-7-11-21-35(28)45-39(30)31)43-32-18-8-4-14-26(32)27-15-5-9-19-33(27)43/h1-23H. The molecular weight excluding hydrogens is 571 g/mol. The lowest BCUT2D eigenvalue weighted by Gasteiger charge is -2.12. The van der Waals surface area contributed by atoms with Gasteiger partial charge in [-0.05, 0) is 42.5 Å². The largest absolute Gasteiger partial charge is 0.452 e. The van der Waals surface area contributed by atoms with Gasteiger partial charge >= 0.3 is 0 Å². The van der Waals surface area contributed by atoms with E-state index in [1.807, 2.05) is 36.4 Å². The number of hydrogen-bond acceptors (Lipinski definition) is 4. The summed E-state index contributed by atoms with van der Waals surface area (Å²) in [7, 11) is 0. The predicted octanol–water partition coefficient (Wildman–Crippen LogP) is 11.2. The Bertz CT molecular complexity index is 2720. The number of rotatable bonds is 3. The van der Waals surface area contributed by atoms with Gasteiger partial charge in [-0.25, -0.2) is 9.97 Å². The lowest BCUT2D eigenvalue weighted by molar-refractivity contribution is 0.667. The first kappa shape index (κ1) is 24.6. The number of para-hydroxylation sites is 3. The Morgan fingerprint density at radius 1 is 0.556 bits per heavy atom. The highest BCUT2D eigenvalue weighted by Gasteiger charge is 2.22. The van der Waals surface area contributed by atoms with Crippen molar-refractivity contribution in [2.24, 2.45) is 0 Å². The summed E-state index contributed by atoms with van der Waals surface area (Å²) in [5, 5.41) is 5.89. The maximum Gasteiger partial charge on any atom is 0.180 e. The zero-order valence-electron chi connectivity index (χ0n) is 23.9. The van der Waals surface area contributed by atoms with Crippen LogP contribution < -0.4 is 0 Å². The van der Waals surface area contributed by atoms with Gasteiger partial charge in [-0.15, -0.1) is 11.3 Å². The molecular formula is C40H23N3OS. The van der Waals surface area contributed by atoms with Crippen LogP contribution in [0.1, 0.15) is 0 Å². The lowest BCUT2D eigenvalue weighted by atomic mass is 10.1. The molecule has 0 unspecified atom stereocenters. The molecule has 6 aromatic carbocycles. The zero-order valence-corrected chi connectivity index (χ0v) is 24.8. The van der Waals surface area contributed by atoms with Crippen LogP contribution in [0.3, 0.4) is 0 Å². The summed E-state index contributed by atoms with van der Waals surface area (Å²) in [4.78, 5) is 10.6. The van der Waals surface area contributed by atoms with E-state index in [1.165, 1.54) is 42.0 Å². The van der Waals surface area contributed by atoms with E-state index in [2.05, 4.69) is 108 Å². The van der Waals surface area contributed by atoms with Crippen molar-refractivity contribution < 1.29 is 4.42 Å². The number of furan rings is 1. The van der Waals surface area contributed by atoms with Crippen molar-refractivity contribution in [1.29, 1.82) is 0 Å². The molecule has 0 N–H and O–H groups in total. The zero-order chi connectivity index (χ0) is 29.5. The number of hydrogen-bond donors (Lipinski definition) is 0. The second kappa shape index (κ2) is 9.36. The third kappa shape index (κ3) is 3.59. The predicted molar refractivity (Wildman–Crippen MR) is 187 cm³/mol. The van der Waals surface area contributed by atoms with Crippen LogP contribution in [0.25, 0.3) is 92.4 Å². The first-order valence-electron chi connectivity index (χ1n) is 15.0. The van der Waals surface area contributed by atoms with Gasteiger partial charge in [0.2, 0.25) is 0 Å². The quantitative estimate of drug-likeness (QED) is 0.205. The summed E-state index contributed by atoms with van der Waals surface area (Å²) in [6, 6.07) is 48.9. The van der Waals surface area contributed by atoms with Crippen LogP contribution in [-0.4, -0.2) is 14.5 Å². The van der Waals surface area contributed by atoms with E-state index >= 15 is 0 Å². The van der Waals surface area contributed by atoms with E-state index in [0.717, 1.165) is 39.0 Å². The molecule has 0 aliphatic carbocycles. The van der Waals surface area contributed by atoms with E-state index in [1.54, 1.807) is 11.3 Å². The van der Waals surface area contributed by atoms with Crippen molar-refractivity contribution in [2.45, 2.75) is 0 Å². The van der Waals surface area contributed by atoms with Crippen LogP contribution in [0.5, 0.6) is 0 Å². The number of fused-ring (bicyclic) bond motifs is 9. The highest BCUT2D eigenvalue weighted by molar-refractivity contribution is 7.26. The molecule has 4 aromatic heterocycles. The molecule has 0 spiro atoms. The van der Waals surface area contributed by atoms with Crippen molar-refractivity contribution in [3.05, 3.63) is 140 Å². The fraction of sp³-hybridized carbons (Fsp3) is 0. The van der Waals surface area contributed by atoms with E-state index in [-0.39, 0.29) is 0 Å². The SMILES string of the molecule is c1ccc(-c2nc(-c3cc(-n4c5ccccc5c5ccccc54)cc4c3sc3ccccc34)nc3c2oc2ccccc23)cc1. The Labute approximate surface area is 261 Å². The van der Waals surface area contributed by atoms with Crippen molar-refractivity contribution >= 4 is 75.4 Å². The fourth-order valence-corrected chi connectivity index (χ4v) is 8.00. The van der Waals surface area contributed by atoms with Gasteiger partial charge in [-0.3, -0.25) is 0 Å². The number of benzene rings is 6. The van der Waals surface area contributed by atoms with E-state index < -0.39 is 0 Å². The second-order valence-electron chi connectivity index (χ2n) is 11.4. The highest BCUT2D eigenvalue weighted by atomic mass is 32.1. The van der Waals surface area contributed by atoms with Gasteiger partial charge in [-0.1, -0.05) is 97.1 Å². The third-order valence-corrected chi connectivity index (χ3v) is 10.0. The molecule has 0 fully saturated rings. The van der Waals surface area contributed by atoms with Gasteiger partial charge in [0.1, 0.15) is 16.8 Å². The molecule has 0 radical (unpaired) electrons. The molecule has 0 amide bonds. The molecule has 10 aromatic rings. The van der Waals surface area contributed by atoms with Crippen LogP contribution in [0.2, 0.25) is 0 Å². The van der Waals surface area contributed by atoms with Crippen LogP contribution in [0.4, 0.5) is 0 Å². The van der Waals surface area contributed by atoms with Crippen molar-refractivity contribution in [3.8, 4) is 28.3 Å². The molecule has 0 aliphatic heterocycles. The van der Waals surface area contributed by atoms with Gasteiger partial charge < -0.3 is 8.98 Å². The lowest BCUT2D eigenvalue weighted by Crippen LogP contribution is -1.98. The van der Waals surface area contributed by atoms with Crippen LogP contribution >= 0.6 is 11.3 Å². The molecule has 0 aliphatic rings. The van der Waals surface area contributed by atoms with E-state index in [4.69, 9.17) is 14.4 Å². The highest BCUT2D eigenvalue weighted by Crippen LogP contribution is 2.44. The Kier molecular flexibility index (Phi) is 5.12. The Morgan fingerprint density at radius 2 is 1.20 bits per heavy atom. The molecule has 5 heteroatoms. The molecule has 0 saturated heterocycles. The Balaban J connectivity index is 1.36. The van der Waals surface area contributed by atoms with Crippen molar-refractivity contribution in [3.63, 3.8) is 0 Å². The Hall–Kier alpha value is -5.78. The van der Waals surface area contributed by atoms with E-state index in [0.29, 0.717) is 11.4 Å². The Morgan fingerprint density at radius 3 is 1.98 bits per heavy atom. The van der Waals surface area contributed by atoms with Crippen LogP contribution in [-0.2, 0) is 0 Å². The van der Waals surface area contributed by atoms with Gasteiger partial charge in [0.05, 0.1) is 11.0 Å². The first-order valence-corrected chi connectivity index (χ1v) is 15.8. The minimum absolute atomic E-state index is 0.687. The number of nitrogens with zero attached hydrogens (tertiary/aromatic N) is 3. The maximum absolute atomic E-state index is 6.42. The summed E-state index contributed by atoms with van der Waals surface area (Å²) in [5.41, 5.74) is 8.57. The molecule has 45 heavy (non-hydrogen) atoms. The molecule has 0 bridgehead atoms. The number of aromatic nitrogens is 3. The summed E-state index contributed by atoms with van der Waals surface area (Å²) in [5.74, 6) is 0.687. The van der Waals surface area contributed by atoms with Crippen molar-refractivity contribution in [1.82, 2.24) is 14.5 Å². The molecule has 4 nitrogen and oxygen atoms in total. The first-order chi connectivity index (χ1) is 22.3. The van der Waals surface area contributed by atoms with Crippen molar-refractivity contribution in [2.75, 3.05) is 0 Å². The maximum atomic E-state index is 6.42. The molecule has 10 rings (SSSR count). The van der Waals surface area contributed by atoms with Gasteiger partial charge in [-0.2, -0.15) is 0 Å². The monoisotopic (exact) mass is 593 g/mol. The average molecular weight is 594 g/mol. The molecule has 210 valence electrons. The van der Waals surface area contributed by atoms with Gasteiger partial charge in [0.25, 0.3) is 0 Å². The minimum Gasteiger partial charge on any atom is -0.452 e. The molecule has 0 atom stereocenters. The summed E-state index contributed by atoms with van der Waals surface area (Å²) in [6.45, 7) is 0. The average Bonchev–Trinajstić information content (AvgIpc) is 3.77. The molecule has 4 heterocycles. The normalized spacial score (nSPS) is 12.0. The summed E-state index contributed by atoms with van der Waals surface area (Å²) in [6.07, 6.45) is 0. The topological polar surface area (TPSA) is 43.9 Å². The molecule has 0 saturated carbocycles. The fourth-order valence-electron chi connectivity index (χ4n) is 6.81.